The van der Waals surface area contributed by atoms with Crippen LogP contribution in [0.25, 0.3) is 0 Å². The van der Waals surface area contributed by atoms with Crippen LogP contribution in [0.3, 0.4) is 0 Å². The molecule has 2 unspecified atom stereocenters. The number of aromatic nitrogens is 2. The van der Waals surface area contributed by atoms with Crippen LogP contribution in [-0.2, 0) is 18.4 Å². The SMILES string of the molecule is Cc1nn(C)c(C)c1CNC(C)C(C)C(=O)O. The van der Waals surface area contributed by atoms with Crippen molar-refractivity contribution >= 4 is 5.97 Å². The zero-order chi connectivity index (χ0) is 13.2. The second kappa shape index (κ2) is 5.31. The van der Waals surface area contributed by atoms with Crippen LogP contribution in [0.4, 0.5) is 0 Å². The van der Waals surface area contributed by atoms with Crippen molar-refractivity contribution in [3.8, 4) is 0 Å². The van der Waals surface area contributed by atoms with Gasteiger partial charge in [-0.1, -0.05) is 6.92 Å². The third kappa shape index (κ3) is 3.06. The van der Waals surface area contributed by atoms with Crippen molar-refractivity contribution < 1.29 is 9.90 Å². The maximum atomic E-state index is 10.8. The molecule has 0 spiro atoms. The first kappa shape index (κ1) is 13.7. The van der Waals surface area contributed by atoms with Crippen molar-refractivity contribution in [1.29, 1.82) is 0 Å². The molecule has 17 heavy (non-hydrogen) atoms. The summed E-state index contributed by atoms with van der Waals surface area (Å²) >= 11 is 0. The number of hydrogen-bond donors (Lipinski definition) is 2. The summed E-state index contributed by atoms with van der Waals surface area (Å²) in [6.45, 7) is 8.24. The minimum absolute atomic E-state index is 0.0634. The minimum atomic E-state index is -0.773. The number of carboxylic acids is 1. The summed E-state index contributed by atoms with van der Waals surface area (Å²) < 4.78 is 1.84. The van der Waals surface area contributed by atoms with Crippen molar-refractivity contribution in [3.63, 3.8) is 0 Å². The van der Waals surface area contributed by atoms with Crippen molar-refractivity contribution in [2.75, 3.05) is 0 Å². The van der Waals surface area contributed by atoms with E-state index in [1.165, 1.54) is 0 Å². The highest BCUT2D eigenvalue weighted by Gasteiger charge is 2.19. The molecule has 0 aromatic carbocycles. The Balaban J connectivity index is 2.65. The zero-order valence-electron chi connectivity index (χ0n) is 11.1. The molecule has 2 N–H and O–H groups in total. The highest BCUT2D eigenvalue weighted by molar-refractivity contribution is 5.70. The molecule has 0 amide bonds. The van der Waals surface area contributed by atoms with Crippen LogP contribution in [0.15, 0.2) is 0 Å². The summed E-state index contributed by atoms with van der Waals surface area (Å²) in [6.07, 6.45) is 0. The number of aliphatic carboxylic acids is 1. The highest BCUT2D eigenvalue weighted by atomic mass is 16.4. The van der Waals surface area contributed by atoms with Crippen LogP contribution in [0, 0.1) is 19.8 Å². The number of nitrogens with one attached hydrogen (secondary N) is 1. The molecule has 0 bridgehead atoms. The van der Waals surface area contributed by atoms with E-state index in [-0.39, 0.29) is 6.04 Å². The lowest BCUT2D eigenvalue weighted by molar-refractivity contribution is -0.141. The molecule has 0 aliphatic rings. The van der Waals surface area contributed by atoms with Crippen LogP contribution >= 0.6 is 0 Å². The standard InChI is InChI=1S/C12H21N3O2/c1-7(12(16)17)8(2)13-6-11-9(3)14-15(5)10(11)4/h7-8,13H,6H2,1-5H3,(H,16,17). The molecule has 0 aliphatic carbocycles. The van der Waals surface area contributed by atoms with E-state index in [1.54, 1.807) is 6.92 Å². The Morgan fingerprint density at radius 3 is 2.47 bits per heavy atom. The molecular weight excluding hydrogens is 218 g/mol. The Morgan fingerprint density at radius 2 is 2.06 bits per heavy atom. The fraction of sp³-hybridized carbons (Fsp3) is 0.667. The average Bonchev–Trinajstić information content (AvgIpc) is 2.49. The van der Waals surface area contributed by atoms with Crippen LogP contribution in [0.5, 0.6) is 0 Å². The Labute approximate surface area is 102 Å². The minimum Gasteiger partial charge on any atom is -0.481 e. The zero-order valence-corrected chi connectivity index (χ0v) is 11.1. The molecule has 5 heteroatoms. The second-order valence-corrected chi connectivity index (χ2v) is 4.57. The summed E-state index contributed by atoms with van der Waals surface area (Å²) in [6, 6.07) is -0.0634. The first-order valence-electron chi connectivity index (χ1n) is 5.79. The second-order valence-electron chi connectivity index (χ2n) is 4.57. The molecule has 1 aromatic rings. The fourth-order valence-electron chi connectivity index (χ4n) is 1.73. The van der Waals surface area contributed by atoms with Gasteiger partial charge in [0, 0.05) is 30.9 Å². The van der Waals surface area contributed by atoms with Gasteiger partial charge in [-0.25, -0.2) is 0 Å². The van der Waals surface area contributed by atoms with Gasteiger partial charge in [0.05, 0.1) is 11.6 Å². The summed E-state index contributed by atoms with van der Waals surface area (Å²) in [5, 5.41) is 16.5. The van der Waals surface area contributed by atoms with E-state index in [2.05, 4.69) is 10.4 Å². The van der Waals surface area contributed by atoms with E-state index in [0.29, 0.717) is 6.54 Å². The molecule has 0 saturated carbocycles. The molecule has 0 radical (unpaired) electrons. The lowest BCUT2D eigenvalue weighted by Crippen LogP contribution is -2.35. The third-order valence-electron chi connectivity index (χ3n) is 3.40. The molecular formula is C12H21N3O2. The first-order chi connectivity index (χ1) is 7.84. The van der Waals surface area contributed by atoms with Crippen LogP contribution in [0.2, 0.25) is 0 Å². The molecule has 1 rings (SSSR count). The first-order valence-corrected chi connectivity index (χ1v) is 5.79. The predicted octanol–water partition coefficient (Wildman–Crippen LogP) is 1.24. The number of aryl methyl sites for hydroxylation is 2. The smallest absolute Gasteiger partial charge is 0.307 e. The number of carboxylic acid groups (broad SMARTS) is 1. The van der Waals surface area contributed by atoms with Gasteiger partial charge in [0.2, 0.25) is 0 Å². The van der Waals surface area contributed by atoms with Crippen LogP contribution < -0.4 is 5.32 Å². The summed E-state index contributed by atoms with van der Waals surface area (Å²) in [5.74, 6) is -1.17. The van der Waals surface area contributed by atoms with E-state index in [0.717, 1.165) is 17.0 Å². The van der Waals surface area contributed by atoms with Gasteiger partial charge in [0.1, 0.15) is 0 Å². The molecule has 5 nitrogen and oxygen atoms in total. The largest absolute Gasteiger partial charge is 0.481 e. The lowest BCUT2D eigenvalue weighted by atomic mass is 10.0. The van der Waals surface area contributed by atoms with Gasteiger partial charge < -0.3 is 10.4 Å². The van der Waals surface area contributed by atoms with E-state index in [9.17, 15) is 4.79 Å². The van der Waals surface area contributed by atoms with Gasteiger partial charge in [0.15, 0.2) is 0 Å². The highest BCUT2D eigenvalue weighted by Crippen LogP contribution is 2.12. The molecule has 1 aromatic heterocycles. The normalized spacial score (nSPS) is 14.6. The Kier molecular flexibility index (Phi) is 4.28. The van der Waals surface area contributed by atoms with E-state index >= 15 is 0 Å². The van der Waals surface area contributed by atoms with E-state index < -0.39 is 11.9 Å². The van der Waals surface area contributed by atoms with E-state index in [1.807, 2.05) is 32.5 Å². The van der Waals surface area contributed by atoms with Crippen molar-refractivity contribution in [2.24, 2.45) is 13.0 Å². The number of hydrogen-bond acceptors (Lipinski definition) is 3. The van der Waals surface area contributed by atoms with Gasteiger partial charge in [-0.2, -0.15) is 5.10 Å². The molecule has 96 valence electrons. The molecule has 0 aliphatic heterocycles. The quantitative estimate of drug-likeness (QED) is 0.811. The van der Waals surface area contributed by atoms with Gasteiger partial charge in [0.25, 0.3) is 0 Å². The molecule has 2 atom stereocenters. The Morgan fingerprint density at radius 1 is 1.47 bits per heavy atom. The van der Waals surface area contributed by atoms with Gasteiger partial charge in [-0.15, -0.1) is 0 Å². The Bertz CT molecular complexity index is 412. The maximum absolute atomic E-state index is 10.8. The van der Waals surface area contributed by atoms with Crippen LogP contribution in [0.1, 0.15) is 30.8 Å². The summed E-state index contributed by atoms with van der Waals surface area (Å²) in [4.78, 5) is 10.8. The molecule has 0 fully saturated rings. The Hall–Kier alpha value is -1.36. The monoisotopic (exact) mass is 239 g/mol. The van der Waals surface area contributed by atoms with E-state index in [4.69, 9.17) is 5.11 Å². The predicted molar refractivity (Wildman–Crippen MR) is 65.8 cm³/mol. The van der Waals surface area contributed by atoms with Crippen molar-refractivity contribution in [2.45, 2.75) is 40.3 Å². The number of rotatable bonds is 5. The van der Waals surface area contributed by atoms with Gasteiger partial charge >= 0.3 is 5.97 Å². The topological polar surface area (TPSA) is 67.2 Å². The van der Waals surface area contributed by atoms with Gasteiger partial charge in [-0.05, 0) is 20.8 Å². The summed E-state index contributed by atoms with van der Waals surface area (Å²) in [7, 11) is 1.91. The summed E-state index contributed by atoms with van der Waals surface area (Å²) in [5.41, 5.74) is 3.26. The fourth-order valence-corrected chi connectivity index (χ4v) is 1.73. The molecule has 1 heterocycles. The lowest BCUT2D eigenvalue weighted by Gasteiger charge is -2.17. The van der Waals surface area contributed by atoms with Crippen molar-refractivity contribution in [1.82, 2.24) is 15.1 Å². The third-order valence-corrected chi connectivity index (χ3v) is 3.40. The molecule has 0 saturated heterocycles. The van der Waals surface area contributed by atoms with Gasteiger partial charge in [-0.3, -0.25) is 9.48 Å². The average molecular weight is 239 g/mol. The van der Waals surface area contributed by atoms with Crippen molar-refractivity contribution in [3.05, 3.63) is 17.0 Å². The van der Waals surface area contributed by atoms with Crippen LogP contribution in [-0.4, -0.2) is 26.9 Å². The maximum Gasteiger partial charge on any atom is 0.307 e. The number of nitrogens with zero attached hydrogens (tertiary/aromatic N) is 2. The number of carbonyl (C=O) groups is 1.